The molecule has 0 fully saturated rings. The first-order valence-electron chi connectivity index (χ1n) is 7.01. The van der Waals surface area contributed by atoms with E-state index in [1.165, 1.54) is 26.2 Å². The van der Waals surface area contributed by atoms with Crippen LogP contribution in [0.5, 0.6) is 5.75 Å². The number of ether oxygens (including phenoxy) is 2. The molecule has 0 aliphatic heterocycles. The number of carboxylic acid groups (broad SMARTS) is 1. The summed E-state index contributed by atoms with van der Waals surface area (Å²) in [6, 6.07) is 3.24. The fraction of sp³-hybridized carbons (Fsp3) is 0.467. The number of hydrogen-bond acceptors (Lipinski definition) is 4. The molecule has 2 unspecified atom stereocenters. The van der Waals surface area contributed by atoms with Crippen molar-refractivity contribution in [3.8, 4) is 5.75 Å². The van der Waals surface area contributed by atoms with Gasteiger partial charge in [-0.05, 0) is 19.1 Å². The van der Waals surface area contributed by atoms with Gasteiger partial charge in [0, 0.05) is 20.1 Å². The number of aliphatic carboxylic acids is 1. The largest absolute Gasteiger partial charge is 0.480 e. The molecule has 0 heterocycles. The minimum atomic E-state index is -4.63. The van der Waals surface area contributed by atoms with Crippen LogP contribution < -0.4 is 10.1 Å². The van der Waals surface area contributed by atoms with Crippen molar-refractivity contribution in [3.63, 3.8) is 0 Å². The number of benzene rings is 1. The molecule has 0 spiro atoms. The number of carbonyl (C=O) groups excluding carboxylic acids is 1. The molecule has 1 aromatic carbocycles. The van der Waals surface area contributed by atoms with Crippen LogP contribution in [-0.2, 0) is 20.5 Å². The number of nitrogens with one attached hydrogen (secondary N) is 1. The van der Waals surface area contributed by atoms with Crippen molar-refractivity contribution in [2.45, 2.75) is 31.7 Å². The van der Waals surface area contributed by atoms with E-state index in [1.807, 2.05) is 0 Å². The third-order valence-corrected chi connectivity index (χ3v) is 3.09. The van der Waals surface area contributed by atoms with Gasteiger partial charge in [-0.3, -0.25) is 4.79 Å². The first kappa shape index (κ1) is 19.8. The first-order chi connectivity index (χ1) is 11.2. The highest BCUT2D eigenvalue weighted by molar-refractivity contribution is 5.86. The van der Waals surface area contributed by atoms with Crippen molar-refractivity contribution in [2.24, 2.45) is 0 Å². The summed E-state index contributed by atoms with van der Waals surface area (Å²) in [5.74, 6) is -2.62. The maximum Gasteiger partial charge on any atom is 0.419 e. The topological polar surface area (TPSA) is 84.9 Å². The molecule has 0 bridgehead atoms. The number of carbonyl (C=O) groups is 2. The minimum absolute atomic E-state index is 0.0173. The number of carboxylic acids is 1. The molecule has 0 saturated carbocycles. The molecule has 1 aromatic rings. The van der Waals surface area contributed by atoms with E-state index in [-0.39, 0.29) is 13.0 Å². The molecule has 24 heavy (non-hydrogen) atoms. The van der Waals surface area contributed by atoms with E-state index in [4.69, 9.17) is 14.6 Å². The Balaban J connectivity index is 2.79. The van der Waals surface area contributed by atoms with Crippen LogP contribution in [-0.4, -0.2) is 42.8 Å². The first-order valence-corrected chi connectivity index (χ1v) is 7.01. The smallest absolute Gasteiger partial charge is 0.419 e. The summed E-state index contributed by atoms with van der Waals surface area (Å²) >= 11 is 0. The number of rotatable bonds is 8. The predicted octanol–water partition coefficient (Wildman–Crippen LogP) is 2.08. The van der Waals surface area contributed by atoms with Gasteiger partial charge in [0.2, 0.25) is 0 Å². The second-order valence-corrected chi connectivity index (χ2v) is 4.93. The van der Waals surface area contributed by atoms with E-state index in [9.17, 15) is 22.8 Å². The van der Waals surface area contributed by atoms with E-state index in [0.29, 0.717) is 0 Å². The number of alkyl halides is 3. The van der Waals surface area contributed by atoms with Crippen LogP contribution >= 0.6 is 0 Å². The predicted molar refractivity (Wildman–Crippen MR) is 77.6 cm³/mol. The zero-order chi connectivity index (χ0) is 18.3. The van der Waals surface area contributed by atoms with Crippen LogP contribution in [0.25, 0.3) is 0 Å². The van der Waals surface area contributed by atoms with Crippen molar-refractivity contribution in [1.82, 2.24) is 5.32 Å². The van der Waals surface area contributed by atoms with Gasteiger partial charge in [0.05, 0.1) is 5.56 Å². The molecule has 6 nitrogen and oxygen atoms in total. The lowest BCUT2D eigenvalue weighted by molar-refractivity contribution is -0.144. The average molecular weight is 349 g/mol. The third-order valence-electron chi connectivity index (χ3n) is 3.09. The van der Waals surface area contributed by atoms with Gasteiger partial charge >= 0.3 is 12.1 Å². The number of methoxy groups -OCH3 is 1. The number of para-hydroxylation sites is 1. The van der Waals surface area contributed by atoms with Gasteiger partial charge < -0.3 is 19.9 Å². The van der Waals surface area contributed by atoms with Gasteiger partial charge in [-0.2, -0.15) is 13.2 Å². The Kier molecular flexibility index (Phi) is 7.02. The van der Waals surface area contributed by atoms with Crippen molar-refractivity contribution >= 4 is 11.9 Å². The molecule has 0 radical (unpaired) electrons. The zero-order valence-electron chi connectivity index (χ0n) is 13.1. The van der Waals surface area contributed by atoms with Crippen molar-refractivity contribution < 1.29 is 37.3 Å². The summed E-state index contributed by atoms with van der Waals surface area (Å²) in [6.07, 6.45) is -5.92. The van der Waals surface area contributed by atoms with Crippen LogP contribution in [0.1, 0.15) is 18.9 Å². The normalized spacial score (nSPS) is 13.9. The van der Waals surface area contributed by atoms with E-state index in [0.717, 1.165) is 12.1 Å². The second-order valence-electron chi connectivity index (χ2n) is 4.93. The Bertz CT molecular complexity index is 576. The van der Waals surface area contributed by atoms with E-state index < -0.39 is 41.5 Å². The molecule has 1 rings (SSSR count). The molecule has 0 saturated heterocycles. The van der Waals surface area contributed by atoms with E-state index in [1.54, 1.807) is 0 Å². The zero-order valence-corrected chi connectivity index (χ0v) is 13.1. The standard InChI is InChI=1S/C15H18F3NO5/c1-9(13(20)19-11(14(21)22)7-8-23-2)24-12-6-4-3-5-10(12)15(16,17)18/h3-6,9,11H,7-8H2,1-2H3,(H,19,20)(H,21,22). The molecular formula is C15H18F3NO5. The van der Waals surface area contributed by atoms with Gasteiger partial charge in [0.1, 0.15) is 11.8 Å². The maximum absolute atomic E-state index is 12.9. The number of halogens is 3. The average Bonchev–Trinajstić information content (AvgIpc) is 2.50. The molecular weight excluding hydrogens is 331 g/mol. The number of hydrogen-bond donors (Lipinski definition) is 2. The quantitative estimate of drug-likeness (QED) is 0.751. The Labute approximate surface area is 136 Å². The summed E-state index contributed by atoms with van der Waals surface area (Å²) in [5.41, 5.74) is -1.01. The van der Waals surface area contributed by atoms with Gasteiger partial charge in [-0.15, -0.1) is 0 Å². The summed E-state index contributed by atoms with van der Waals surface area (Å²) in [6.45, 7) is 1.33. The lowest BCUT2D eigenvalue weighted by Crippen LogP contribution is -2.46. The molecule has 0 aromatic heterocycles. The van der Waals surface area contributed by atoms with Crippen LogP contribution in [0.15, 0.2) is 24.3 Å². The molecule has 2 N–H and O–H groups in total. The lowest BCUT2D eigenvalue weighted by atomic mass is 10.2. The van der Waals surface area contributed by atoms with Gasteiger partial charge in [0.15, 0.2) is 6.10 Å². The SMILES string of the molecule is COCCC(NC(=O)C(C)Oc1ccccc1C(F)(F)F)C(=O)O. The van der Waals surface area contributed by atoms with Gasteiger partial charge in [-0.1, -0.05) is 12.1 Å². The van der Waals surface area contributed by atoms with Gasteiger partial charge in [-0.25, -0.2) is 4.79 Å². The fourth-order valence-electron chi connectivity index (χ4n) is 1.83. The van der Waals surface area contributed by atoms with Crippen LogP contribution in [0.4, 0.5) is 13.2 Å². The molecule has 0 aliphatic carbocycles. The van der Waals surface area contributed by atoms with Gasteiger partial charge in [0.25, 0.3) is 5.91 Å². The summed E-state index contributed by atoms with van der Waals surface area (Å²) in [7, 11) is 1.38. The summed E-state index contributed by atoms with van der Waals surface area (Å²) in [4.78, 5) is 23.0. The Hall–Kier alpha value is -2.29. The molecule has 9 heteroatoms. The van der Waals surface area contributed by atoms with E-state index in [2.05, 4.69) is 5.32 Å². The van der Waals surface area contributed by atoms with Crippen molar-refractivity contribution in [3.05, 3.63) is 29.8 Å². The summed E-state index contributed by atoms with van der Waals surface area (Å²) in [5, 5.41) is 11.2. The molecule has 1 amide bonds. The molecule has 134 valence electrons. The lowest BCUT2D eigenvalue weighted by Gasteiger charge is -2.20. The van der Waals surface area contributed by atoms with Crippen LogP contribution in [0, 0.1) is 0 Å². The third kappa shape index (κ3) is 5.73. The van der Waals surface area contributed by atoms with Crippen molar-refractivity contribution in [1.29, 1.82) is 0 Å². The van der Waals surface area contributed by atoms with E-state index >= 15 is 0 Å². The maximum atomic E-state index is 12.9. The minimum Gasteiger partial charge on any atom is -0.480 e. The monoisotopic (exact) mass is 349 g/mol. The Morgan fingerprint density at radius 1 is 1.29 bits per heavy atom. The number of amides is 1. The molecule has 2 atom stereocenters. The fourth-order valence-corrected chi connectivity index (χ4v) is 1.83. The van der Waals surface area contributed by atoms with Crippen molar-refractivity contribution in [2.75, 3.05) is 13.7 Å². The van der Waals surface area contributed by atoms with Crippen LogP contribution in [0.2, 0.25) is 0 Å². The highest BCUT2D eigenvalue weighted by Gasteiger charge is 2.35. The Morgan fingerprint density at radius 3 is 2.46 bits per heavy atom. The van der Waals surface area contributed by atoms with Crippen LogP contribution in [0.3, 0.4) is 0 Å². The molecule has 0 aliphatic rings. The second kappa shape index (κ2) is 8.53. The highest BCUT2D eigenvalue weighted by Crippen LogP contribution is 2.36. The summed E-state index contributed by atoms with van der Waals surface area (Å²) < 4.78 is 48.5. The highest BCUT2D eigenvalue weighted by atomic mass is 19.4. The Morgan fingerprint density at radius 2 is 1.92 bits per heavy atom.